The van der Waals surface area contributed by atoms with Crippen LogP contribution in [0.25, 0.3) is 0 Å². The fourth-order valence-electron chi connectivity index (χ4n) is 3.10. The van der Waals surface area contributed by atoms with Gasteiger partial charge in [-0.3, -0.25) is 4.90 Å². The Bertz CT molecular complexity index is 726. The van der Waals surface area contributed by atoms with Crippen LogP contribution in [0.5, 0.6) is 0 Å². The van der Waals surface area contributed by atoms with E-state index in [1.165, 1.54) is 16.7 Å². The summed E-state index contributed by atoms with van der Waals surface area (Å²) in [6.45, 7) is 8.61. The van der Waals surface area contributed by atoms with Gasteiger partial charge in [0.05, 0.1) is 19.3 Å². The number of nitrogens with zero attached hydrogens (tertiary/aromatic N) is 1. The standard InChI is InChI=1S/C21H27N3OS/c1-16-7-9-18(10-8-16)20(15-24-11-13-25-14-12-24)23-21(26)22-19-6-4-3-5-17(19)2/h3-10,20H,11-15H2,1-2H3,(H2,22,23,26)/t20-/m1/s1. The number of aryl methyl sites for hydroxylation is 2. The fourth-order valence-corrected chi connectivity index (χ4v) is 3.36. The summed E-state index contributed by atoms with van der Waals surface area (Å²) < 4.78 is 5.48. The number of hydrogen-bond donors (Lipinski definition) is 2. The molecule has 0 unspecified atom stereocenters. The van der Waals surface area contributed by atoms with E-state index in [0.29, 0.717) is 5.11 Å². The highest BCUT2D eigenvalue weighted by Gasteiger charge is 2.19. The highest BCUT2D eigenvalue weighted by Crippen LogP contribution is 2.18. The first-order valence-electron chi connectivity index (χ1n) is 9.11. The van der Waals surface area contributed by atoms with Crippen molar-refractivity contribution in [3.8, 4) is 0 Å². The van der Waals surface area contributed by atoms with Crippen molar-refractivity contribution in [3.05, 3.63) is 65.2 Å². The number of rotatable bonds is 5. The first kappa shape index (κ1) is 18.8. The zero-order valence-corrected chi connectivity index (χ0v) is 16.3. The van der Waals surface area contributed by atoms with Crippen LogP contribution in [-0.4, -0.2) is 42.9 Å². The number of benzene rings is 2. The van der Waals surface area contributed by atoms with Gasteiger partial charge in [0.2, 0.25) is 0 Å². The number of thiocarbonyl (C=S) groups is 1. The fraction of sp³-hybridized carbons (Fsp3) is 0.381. The summed E-state index contributed by atoms with van der Waals surface area (Å²) in [5, 5.41) is 7.50. The second-order valence-electron chi connectivity index (χ2n) is 6.79. The summed E-state index contributed by atoms with van der Waals surface area (Å²) in [6, 6.07) is 17.0. The Labute approximate surface area is 161 Å². The number of anilines is 1. The summed E-state index contributed by atoms with van der Waals surface area (Å²) in [7, 11) is 0. The predicted molar refractivity (Wildman–Crippen MR) is 112 cm³/mol. The molecule has 138 valence electrons. The summed E-state index contributed by atoms with van der Waals surface area (Å²) in [6.07, 6.45) is 0. The molecule has 1 fully saturated rings. The van der Waals surface area contributed by atoms with Crippen LogP contribution in [0.2, 0.25) is 0 Å². The summed E-state index contributed by atoms with van der Waals surface area (Å²) in [5.41, 5.74) is 4.73. The second-order valence-corrected chi connectivity index (χ2v) is 7.20. The van der Waals surface area contributed by atoms with Gasteiger partial charge in [0.25, 0.3) is 0 Å². The van der Waals surface area contributed by atoms with Gasteiger partial charge in [-0.1, -0.05) is 48.0 Å². The van der Waals surface area contributed by atoms with Crippen LogP contribution in [0, 0.1) is 13.8 Å². The lowest BCUT2D eigenvalue weighted by Crippen LogP contribution is -2.44. The summed E-state index contributed by atoms with van der Waals surface area (Å²) >= 11 is 5.60. The van der Waals surface area contributed by atoms with Gasteiger partial charge in [-0.05, 0) is 43.3 Å². The molecule has 1 heterocycles. The molecule has 0 aliphatic carbocycles. The van der Waals surface area contributed by atoms with Gasteiger partial charge in [0.15, 0.2) is 5.11 Å². The summed E-state index contributed by atoms with van der Waals surface area (Å²) in [4.78, 5) is 2.43. The lowest BCUT2D eigenvalue weighted by Gasteiger charge is -2.31. The van der Waals surface area contributed by atoms with Crippen LogP contribution in [0.1, 0.15) is 22.7 Å². The number of ether oxygens (including phenoxy) is 1. The molecule has 0 radical (unpaired) electrons. The Balaban J connectivity index is 1.70. The van der Waals surface area contributed by atoms with Crippen molar-refractivity contribution in [3.63, 3.8) is 0 Å². The Kier molecular flexibility index (Phi) is 6.61. The van der Waals surface area contributed by atoms with Gasteiger partial charge in [-0.2, -0.15) is 0 Å². The topological polar surface area (TPSA) is 36.5 Å². The van der Waals surface area contributed by atoms with Gasteiger partial charge < -0.3 is 15.4 Å². The largest absolute Gasteiger partial charge is 0.379 e. The van der Waals surface area contributed by atoms with E-state index in [-0.39, 0.29) is 6.04 Å². The van der Waals surface area contributed by atoms with Gasteiger partial charge in [0.1, 0.15) is 0 Å². The first-order valence-corrected chi connectivity index (χ1v) is 9.52. The maximum atomic E-state index is 5.60. The van der Waals surface area contributed by atoms with Crippen LogP contribution >= 0.6 is 12.2 Å². The van der Waals surface area contributed by atoms with Gasteiger partial charge in [0, 0.05) is 25.3 Å². The van der Waals surface area contributed by atoms with E-state index >= 15 is 0 Å². The zero-order valence-electron chi connectivity index (χ0n) is 15.5. The van der Waals surface area contributed by atoms with Crippen molar-refractivity contribution < 1.29 is 4.74 Å². The first-order chi connectivity index (χ1) is 12.6. The minimum Gasteiger partial charge on any atom is -0.379 e. The molecule has 0 bridgehead atoms. The Hall–Kier alpha value is -1.95. The molecule has 1 saturated heterocycles. The van der Waals surface area contributed by atoms with Gasteiger partial charge in [-0.25, -0.2) is 0 Å². The van der Waals surface area contributed by atoms with Gasteiger partial charge >= 0.3 is 0 Å². The van der Waals surface area contributed by atoms with Gasteiger partial charge in [-0.15, -0.1) is 0 Å². The van der Waals surface area contributed by atoms with E-state index in [4.69, 9.17) is 17.0 Å². The molecule has 2 N–H and O–H groups in total. The quantitative estimate of drug-likeness (QED) is 0.787. The monoisotopic (exact) mass is 369 g/mol. The molecule has 4 nitrogen and oxygen atoms in total. The Morgan fingerprint density at radius 1 is 1.08 bits per heavy atom. The zero-order chi connectivity index (χ0) is 18.4. The Morgan fingerprint density at radius 2 is 1.77 bits per heavy atom. The van der Waals surface area contributed by atoms with Crippen LogP contribution in [0.4, 0.5) is 5.69 Å². The van der Waals surface area contributed by atoms with Crippen molar-refractivity contribution in [2.75, 3.05) is 38.2 Å². The Morgan fingerprint density at radius 3 is 2.46 bits per heavy atom. The SMILES string of the molecule is Cc1ccc([C@@H](CN2CCOCC2)NC(=S)Nc2ccccc2C)cc1. The third-order valence-corrected chi connectivity index (χ3v) is 4.94. The number of morpholine rings is 1. The van der Waals surface area contributed by atoms with Crippen molar-refractivity contribution in [1.82, 2.24) is 10.2 Å². The lowest BCUT2D eigenvalue weighted by molar-refractivity contribution is 0.0344. The number of hydrogen-bond acceptors (Lipinski definition) is 3. The molecule has 1 aliphatic rings. The summed E-state index contributed by atoms with van der Waals surface area (Å²) in [5.74, 6) is 0. The minimum atomic E-state index is 0.137. The molecule has 0 saturated carbocycles. The van der Waals surface area contributed by atoms with E-state index in [2.05, 4.69) is 59.7 Å². The van der Waals surface area contributed by atoms with Crippen molar-refractivity contribution >= 4 is 23.0 Å². The van der Waals surface area contributed by atoms with E-state index in [1.807, 2.05) is 18.2 Å². The molecular formula is C21H27N3OS. The number of nitrogens with one attached hydrogen (secondary N) is 2. The van der Waals surface area contributed by atoms with Crippen LogP contribution in [0.15, 0.2) is 48.5 Å². The predicted octanol–water partition coefficient (Wildman–Crippen LogP) is 3.66. The molecule has 0 amide bonds. The lowest BCUT2D eigenvalue weighted by atomic mass is 10.0. The van der Waals surface area contributed by atoms with E-state index in [1.54, 1.807) is 0 Å². The smallest absolute Gasteiger partial charge is 0.171 e. The normalized spacial score (nSPS) is 16.1. The molecule has 1 aliphatic heterocycles. The molecule has 2 aromatic carbocycles. The molecule has 26 heavy (non-hydrogen) atoms. The number of para-hydroxylation sites is 1. The maximum Gasteiger partial charge on any atom is 0.171 e. The molecular weight excluding hydrogens is 342 g/mol. The van der Waals surface area contributed by atoms with E-state index < -0.39 is 0 Å². The molecule has 3 rings (SSSR count). The van der Waals surface area contributed by atoms with Crippen molar-refractivity contribution in [2.45, 2.75) is 19.9 Å². The van der Waals surface area contributed by atoms with Crippen LogP contribution in [-0.2, 0) is 4.74 Å². The van der Waals surface area contributed by atoms with Crippen molar-refractivity contribution in [2.24, 2.45) is 0 Å². The van der Waals surface area contributed by atoms with Crippen molar-refractivity contribution in [1.29, 1.82) is 0 Å². The van der Waals surface area contributed by atoms with E-state index in [9.17, 15) is 0 Å². The molecule has 2 aromatic rings. The minimum absolute atomic E-state index is 0.137. The average molecular weight is 370 g/mol. The molecule has 5 heteroatoms. The van der Waals surface area contributed by atoms with E-state index in [0.717, 1.165) is 38.5 Å². The third-order valence-electron chi connectivity index (χ3n) is 4.72. The second kappa shape index (κ2) is 9.12. The third kappa shape index (κ3) is 5.27. The highest BCUT2D eigenvalue weighted by molar-refractivity contribution is 7.80. The molecule has 0 aromatic heterocycles. The van der Waals surface area contributed by atoms with Crippen LogP contribution < -0.4 is 10.6 Å². The maximum absolute atomic E-state index is 5.60. The van der Waals surface area contributed by atoms with Crippen LogP contribution in [0.3, 0.4) is 0 Å². The highest BCUT2D eigenvalue weighted by atomic mass is 32.1. The molecule has 1 atom stereocenters. The molecule has 0 spiro atoms. The average Bonchev–Trinajstić information content (AvgIpc) is 2.65.